The van der Waals surface area contributed by atoms with Crippen molar-refractivity contribution >= 4 is 11.3 Å². The third-order valence-corrected chi connectivity index (χ3v) is 3.19. The zero-order valence-electron chi connectivity index (χ0n) is 9.10. The first kappa shape index (κ1) is 10.8. The number of nitrogens with zero attached hydrogens (tertiary/aromatic N) is 2. The number of hydrogen-bond donors (Lipinski definition) is 0. The molecule has 3 heteroatoms. The highest BCUT2D eigenvalue weighted by Gasteiger charge is 2.02. The van der Waals surface area contributed by atoms with Gasteiger partial charge in [-0.15, -0.1) is 11.3 Å². The van der Waals surface area contributed by atoms with Gasteiger partial charge >= 0.3 is 0 Å². The summed E-state index contributed by atoms with van der Waals surface area (Å²) in [5.41, 5.74) is 3.43. The highest BCUT2D eigenvalue weighted by Crippen LogP contribution is 2.15. The van der Waals surface area contributed by atoms with Gasteiger partial charge in [-0.25, -0.2) is 4.98 Å². The number of rotatable bonds is 3. The van der Waals surface area contributed by atoms with Crippen molar-refractivity contribution in [2.24, 2.45) is 0 Å². The van der Waals surface area contributed by atoms with Crippen molar-refractivity contribution in [1.82, 2.24) is 4.98 Å². The summed E-state index contributed by atoms with van der Waals surface area (Å²) in [5.74, 6) is 0. The molecule has 0 unspecified atom stereocenters. The van der Waals surface area contributed by atoms with Gasteiger partial charge in [-0.2, -0.15) is 5.26 Å². The molecule has 0 fully saturated rings. The molecule has 80 valence electrons. The van der Waals surface area contributed by atoms with E-state index >= 15 is 0 Å². The third kappa shape index (κ3) is 2.68. The molecule has 0 bridgehead atoms. The van der Waals surface area contributed by atoms with Crippen molar-refractivity contribution in [3.63, 3.8) is 0 Å². The summed E-state index contributed by atoms with van der Waals surface area (Å²) >= 11 is 1.63. The molecule has 0 spiro atoms. The van der Waals surface area contributed by atoms with Crippen LogP contribution in [-0.4, -0.2) is 4.98 Å². The molecule has 0 aliphatic carbocycles. The Labute approximate surface area is 99.2 Å². The van der Waals surface area contributed by atoms with E-state index < -0.39 is 0 Å². The van der Waals surface area contributed by atoms with Crippen molar-refractivity contribution < 1.29 is 0 Å². The predicted octanol–water partition coefficient (Wildman–Crippen LogP) is 3.11. The molecule has 1 heterocycles. The molecule has 2 rings (SSSR count). The summed E-state index contributed by atoms with van der Waals surface area (Å²) in [6, 6.07) is 10.5. The van der Waals surface area contributed by atoms with Crippen LogP contribution in [0.2, 0.25) is 0 Å². The van der Waals surface area contributed by atoms with Crippen molar-refractivity contribution in [3.8, 4) is 6.07 Å². The molecule has 0 N–H and O–H groups in total. The molecule has 0 atom stereocenters. The smallest absolute Gasteiger partial charge is 0.0972 e. The Morgan fingerprint density at radius 3 is 3.06 bits per heavy atom. The van der Waals surface area contributed by atoms with Gasteiger partial charge in [0.25, 0.3) is 0 Å². The molecule has 16 heavy (non-hydrogen) atoms. The summed E-state index contributed by atoms with van der Waals surface area (Å²) < 4.78 is 0. The second kappa shape index (κ2) is 4.91. The lowest BCUT2D eigenvalue weighted by Crippen LogP contribution is -1.89. The van der Waals surface area contributed by atoms with Crippen LogP contribution in [0, 0.1) is 18.3 Å². The number of aryl methyl sites for hydroxylation is 1. The largest absolute Gasteiger partial charge is 0.245 e. The molecule has 1 aromatic carbocycles. The quantitative estimate of drug-likeness (QED) is 0.809. The Bertz CT molecular complexity index is 523. The highest BCUT2D eigenvalue weighted by atomic mass is 32.1. The topological polar surface area (TPSA) is 36.7 Å². The Morgan fingerprint density at radius 2 is 2.31 bits per heavy atom. The van der Waals surface area contributed by atoms with Crippen LogP contribution in [0.1, 0.15) is 21.8 Å². The Kier molecular flexibility index (Phi) is 3.33. The lowest BCUT2D eigenvalue weighted by atomic mass is 10.1. The lowest BCUT2D eigenvalue weighted by Gasteiger charge is -1.99. The maximum atomic E-state index is 8.57. The Hall–Kier alpha value is -1.66. The van der Waals surface area contributed by atoms with Gasteiger partial charge in [0.1, 0.15) is 0 Å². The first-order valence-corrected chi connectivity index (χ1v) is 6.01. The maximum Gasteiger partial charge on any atom is 0.0972 e. The van der Waals surface area contributed by atoms with Gasteiger partial charge in [0.15, 0.2) is 0 Å². The fourth-order valence-electron chi connectivity index (χ4n) is 1.59. The van der Waals surface area contributed by atoms with E-state index in [4.69, 9.17) is 5.26 Å². The molecule has 2 aromatic rings. The zero-order valence-corrected chi connectivity index (χ0v) is 9.92. The van der Waals surface area contributed by atoms with Gasteiger partial charge in [0.05, 0.1) is 23.2 Å². The summed E-state index contributed by atoms with van der Waals surface area (Å²) in [7, 11) is 0. The normalized spacial score (nSPS) is 10.0. The minimum Gasteiger partial charge on any atom is -0.245 e. The van der Waals surface area contributed by atoms with Gasteiger partial charge in [-0.05, 0) is 12.5 Å². The minimum atomic E-state index is 0.407. The molecule has 0 radical (unpaired) electrons. The monoisotopic (exact) mass is 228 g/mol. The second-order valence-corrected chi connectivity index (χ2v) is 4.68. The fraction of sp³-hybridized carbons (Fsp3) is 0.231. The van der Waals surface area contributed by atoms with Crippen LogP contribution in [0.5, 0.6) is 0 Å². The van der Waals surface area contributed by atoms with Crippen molar-refractivity contribution in [1.29, 1.82) is 5.26 Å². The highest BCUT2D eigenvalue weighted by molar-refractivity contribution is 7.09. The van der Waals surface area contributed by atoms with E-state index in [2.05, 4.69) is 42.2 Å². The van der Waals surface area contributed by atoms with E-state index in [1.165, 1.54) is 11.1 Å². The number of benzene rings is 1. The summed E-state index contributed by atoms with van der Waals surface area (Å²) in [4.78, 5) is 4.42. The van der Waals surface area contributed by atoms with Gasteiger partial charge in [-0.3, -0.25) is 0 Å². The molecule has 0 aliphatic heterocycles. The van der Waals surface area contributed by atoms with E-state index in [9.17, 15) is 0 Å². The number of hydrogen-bond acceptors (Lipinski definition) is 3. The maximum absolute atomic E-state index is 8.57. The summed E-state index contributed by atoms with van der Waals surface area (Å²) in [6.45, 7) is 2.09. The standard InChI is InChI=1S/C13H12N2S/c1-10-3-2-4-11(7-10)8-13-15-12(5-6-14)9-16-13/h2-4,7,9H,5,8H2,1H3. The van der Waals surface area contributed by atoms with Crippen molar-refractivity contribution in [2.45, 2.75) is 19.8 Å². The van der Waals surface area contributed by atoms with E-state index in [0.29, 0.717) is 6.42 Å². The van der Waals surface area contributed by atoms with Crippen molar-refractivity contribution in [3.05, 3.63) is 51.5 Å². The SMILES string of the molecule is Cc1cccc(Cc2nc(CC#N)cs2)c1. The number of thiazole rings is 1. The van der Waals surface area contributed by atoms with Crippen LogP contribution in [0.3, 0.4) is 0 Å². The predicted molar refractivity (Wildman–Crippen MR) is 65.4 cm³/mol. The van der Waals surface area contributed by atoms with Crippen LogP contribution >= 0.6 is 11.3 Å². The average Bonchev–Trinajstić information content (AvgIpc) is 2.66. The lowest BCUT2D eigenvalue weighted by molar-refractivity contribution is 1.07. The number of aromatic nitrogens is 1. The van der Waals surface area contributed by atoms with E-state index in [-0.39, 0.29) is 0 Å². The Morgan fingerprint density at radius 1 is 1.44 bits per heavy atom. The zero-order chi connectivity index (χ0) is 11.4. The van der Waals surface area contributed by atoms with Gasteiger partial charge in [0.2, 0.25) is 0 Å². The molecule has 1 aromatic heterocycles. The van der Waals surface area contributed by atoms with Crippen LogP contribution in [-0.2, 0) is 12.8 Å². The summed E-state index contributed by atoms with van der Waals surface area (Å²) in [6.07, 6.45) is 1.27. The van der Waals surface area contributed by atoms with Crippen LogP contribution in [0.4, 0.5) is 0 Å². The summed E-state index contributed by atoms with van der Waals surface area (Å²) in [5, 5.41) is 11.6. The van der Waals surface area contributed by atoms with E-state index in [0.717, 1.165) is 17.1 Å². The van der Waals surface area contributed by atoms with Gasteiger partial charge in [0, 0.05) is 11.8 Å². The molecule has 0 amide bonds. The molecule has 0 aliphatic rings. The third-order valence-electron chi connectivity index (χ3n) is 2.30. The first-order chi connectivity index (χ1) is 7.78. The van der Waals surface area contributed by atoms with Crippen LogP contribution < -0.4 is 0 Å². The minimum absolute atomic E-state index is 0.407. The van der Waals surface area contributed by atoms with Crippen LogP contribution in [0.15, 0.2) is 29.6 Å². The van der Waals surface area contributed by atoms with Gasteiger partial charge in [-0.1, -0.05) is 29.8 Å². The Balaban J connectivity index is 2.12. The van der Waals surface area contributed by atoms with Gasteiger partial charge < -0.3 is 0 Å². The fourth-order valence-corrected chi connectivity index (χ4v) is 2.42. The molecule has 0 saturated carbocycles. The first-order valence-electron chi connectivity index (χ1n) is 5.13. The number of nitriles is 1. The van der Waals surface area contributed by atoms with Crippen molar-refractivity contribution in [2.75, 3.05) is 0 Å². The van der Waals surface area contributed by atoms with E-state index in [1.807, 2.05) is 5.38 Å². The van der Waals surface area contributed by atoms with E-state index in [1.54, 1.807) is 11.3 Å². The molecule has 2 nitrogen and oxygen atoms in total. The average molecular weight is 228 g/mol. The second-order valence-electron chi connectivity index (χ2n) is 3.73. The molecule has 0 saturated heterocycles. The molecular weight excluding hydrogens is 216 g/mol. The van der Waals surface area contributed by atoms with Crippen LogP contribution in [0.25, 0.3) is 0 Å². The molecular formula is C13H12N2S.